The minimum Gasteiger partial charge on any atom is -0.493 e. The maximum Gasteiger partial charge on any atom is 0.339 e. The first-order chi connectivity index (χ1) is 17.9. The number of ether oxygens (including phenoxy) is 4. The molecule has 1 heterocycles. The molecule has 0 N–H and O–H groups in total. The van der Waals surface area contributed by atoms with Gasteiger partial charge in [-0.2, -0.15) is 0 Å². The van der Waals surface area contributed by atoms with Crippen molar-refractivity contribution in [1.29, 1.82) is 0 Å². The van der Waals surface area contributed by atoms with E-state index in [1.165, 1.54) is 45.6 Å². The lowest BCUT2D eigenvalue weighted by molar-refractivity contribution is -0.384. The summed E-state index contributed by atoms with van der Waals surface area (Å²) in [7, 11) is 4.50. The molecular weight excluding hydrogens is 480 g/mol. The Morgan fingerprint density at radius 3 is 2.14 bits per heavy atom. The summed E-state index contributed by atoms with van der Waals surface area (Å²) in [5.74, 6) is 0.0437. The smallest absolute Gasteiger partial charge is 0.339 e. The minimum absolute atomic E-state index is 0.142. The number of esters is 1. The number of hydrogen-bond acceptors (Lipinski definition) is 9. The number of pyridine rings is 1. The van der Waals surface area contributed by atoms with Gasteiger partial charge >= 0.3 is 5.97 Å². The molecule has 0 radical (unpaired) electrons. The molecule has 0 bridgehead atoms. The maximum atomic E-state index is 13.1. The zero-order valence-electron chi connectivity index (χ0n) is 20.2. The molecule has 4 rings (SSSR count). The fraction of sp³-hybridized carbons (Fsp3) is 0.148. The van der Waals surface area contributed by atoms with Crippen LogP contribution in [0.15, 0.2) is 66.7 Å². The first-order valence-electron chi connectivity index (χ1n) is 11.0. The Labute approximate surface area is 211 Å². The van der Waals surface area contributed by atoms with E-state index in [1.54, 1.807) is 42.5 Å². The number of carbonyl (C=O) groups excluding carboxylic acids is 2. The van der Waals surface area contributed by atoms with Gasteiger partial charge in [-0.15, -0.1) is 0 Å². The lowest BCUT2D eigenvalue weighted by Crippen LogP contribution is -2.15. The third kappa shape index (κ3) is 5.18. The van der Waals surface area contributed by atoms with Crippen molar-refractivity contribution in [2.45, 2.75) is 0 Å². The van der Waals surface area contributed by atoms with Crippen LogP contribution >= 0.6 is 0 Å². The molecule has 0 amide bonds. The lowest BCUT2D eigenvalue weighted by atomic mass is 10.0. The van der Waals surface area contributed by atoms with Crippen molar-refractivity contribution < 1.29 is 33.5 Å². The van der Waals surface area contributed by atoms with Crippen LogP contribution in [0.3, 0.4) is 0 Å². The van der Waals surface area contributed by atoms with Gasteiger partial charge in [-0.1, -0.05) is 18.2 Å². The van der Waals surface area contributed by atoms with Crippen molar-refractivity contribution in [3.8, 4) is 28.5 Å². The van der Waals surface area contributed by atoms with Crippen molar-refractivity contribution in [2.24, 2.45) is 0 Å². The zero-order valence-corrected chi connectivity index (χ0v) is 20.2. The number of aromatic nitrogens is 1. The number of rotatable bonds is 9. The standard InChI is InChI=1S/C27H22N2O8/c1-34-24-12-17(13-25(35-2)26(24)36-3)22-14-20(19-6-4-5-7-21(19)28-22)27(31)37-15-23(30)16-8-10-18(11-9-16)29(32)33/h4-14H,15H2,1-3H3. The molecule has 188 valence electrons. The van der Waals surface area contributed by atoms with Crippen molar-refractivity contribution in [3.05, 3.63) is 88.0 Å². The Hall–Kier alpha value is -4.99. The minimum atomic E-state index is -0.720. The predicted octanol–water partition coefficient (Wildman–Crippen LogP) is 4.88. The van der Waals surface area contributed by atoms with Gasteiger partial charge in [0.25, 0.3) is 5.69 Å². The van der Waals surface area contributed by atoms with E-state index < -0.39 is 23.3 Å². The summed E-state index contributed by atoms with van der Waals surface area (Å²) < 4.78 is 21.6. The monoisotopic (exact) mass is 502 g/mol. The topological polar surface area (TPSA) is 127 Å². The van der Waals surface area contributed by atoms with Gasteiger partial charge in [0.1, 0.15) is 0 Å². The molecule has 10 nitrogen and oxygen atoms in total. The Kier molecular flexibility index (Phi) is 7.28. The molecule has 37 heavy (non-hydrogen) atoms. The Bertz CT molecular complexity index is 1470. The molecule has 0 saturated heterocycles. The van der Waals surface area contributed by atoms with Gasteiger partial charge in [0, 0.05) is 28.6 Å². The fourth-order valence-corrected chi connectivity index (χ4v) is 3.78. The van der Waals surface area contributed by atoms with E-state index in [-0.39, 0.29) is 16.8 Å². The molecule has 10 heteroatoms. The predicted molar refractivity (Wildman–Crippen MR) is 135 cm³/mol. The highest BCUT2D eigenvalue weighted by atomic mass is 16.6. The molecule has 0 aliphatic rings. The third-order valence-electron chi connectivity index (χ3n) is 5.63. The number of ketones is 1. The van der Waals surface area contributed by atoms with Crippen LogP contribution in [0.5, 0.6) is 17.2 Å². The van der Waals surface area contributed by atoms with Crippen LogP contribution in [0.1, 0.15) is 20.7 Å². The highest BCUT2D eigenvalue weighted by Crippen LogP contribution is 2.41. The summed E-state index contributed by atoms with van der Waals surface area (Å²) in [6, 6.07) is 17.1. The second-order valence-electron chi connectivity index (χ2n) is 7.79. The average Bonchev–Trinajstić information content (AvgIpc) is 2.94. The van der Waals surface area contributed by atoms with Gasteiger partial charge in [-0.25, -0.2) is 9.78 Å². The van der Waals surface area contributed by atoms with E-state index in [0.29, 0.717) is 39.4 Å². The summed E-state index contributed by atoms with van der Waals surface area (Å²) in [6.07, 6.45) is 0. The van der Waals surface area contributed by atoms with Crippen molar-refractivity contribution in [3.63, 3.8) is 0 Å². The van der Waals surface area contributed by atoms with Gasteiger partial charge in [0.15, 0.2) is 23.9 Å². The number of para-hydroxylation sites is 1. The first kappa shape index (κ1) is 25.1. The van der Waals surface area contributed by atoms with E-state index in [1.807, 2.05) is 0 Å². The van der Waals surface area contributed by atoms with Gasteiger partial charge in [0.2, 0.25) is 5.75 Å². The third-order valence-corrected chi connectivity index (χ3v) is 5.63. The van der Waals surface area contributed by atoms with Crippen LogP contribution in [0, 0.1) is 10.1 Å². The molecular formula is C27H22N2O8. The summed E-state index contributed by atoms with van der Waals surface area (Å²) in [5.41, 5.74) is 1.86. The quantitative estimate of drug-likeness (QED) is 0.136. The molecule has 0 spiro atoms. The van der Waals surface area contributed by atoms with Gasteiger partial charge < -0.3 is 18.9 Å². The number of fused-ring (bicyclic) bond motifs is 1. The number of hydrogen-bond donors (Lipinski definition) is 0. The normalized spacial score (nSPS) is 10.6. The van der Waals surface area contributed by atoms with E-state index >= 15 is 0 Å². The van der Waals surface area contributed by atoms with E-state index in [4.69, 9.17) is 18.9 Å². The molecule has 0 atom stereocenters. The first-order valence-corrected chi connectivity index (χ1v) is 11.0. The molecule has 0 aliphatic heterocycles. The van der Waals surface area contributed by atoms with Crippen molar-refractivity contribution in [2.75, 3.05) is 27.9 Å². The van der Waals surface area contributed by atoms with Crippen LogP contribution in [0.2, 0.25) is 0 Å². The number of nitro benzene ring substituents is 1. The van der Waals surface area contributed by atoms with Crippen molar-refractivity contribution in [1.82, 2.24) is 4.98 Å². The second kappa shape index (κ2) is 10.7. The number of carbonyl (C=O) groups is 2. The largest absolute Gasteiger partial charge is 0.493 e. The highest BCUT2D eigenvalue weighted by molar-refractivity contribution is 6.06. The fourth-order valence-electron chi connectivity index (χ4n) is 3.78. The summed E-state index contributed by atoms with van der Waals surface area (Å²) in [5, 5.41) is 11.4. The SMILES string of the molecule is COc1cc(-c2cc(C(=O)OCC(=O)c3ccc([N+](=O)[O-])cc3)c3ccccc3n2)cc(OC)c1OC. The Morgan fingerprint density at radius 1 is 0.892 bits per heavy atom. The number of nitro groups is 1. The van der Waals surface area contributed by atoms with Crippen LogP contribution in [-0.2, 0) is 4.74 Å². The van der Waals surface area contributed by atoms with E-state index in [9.17, 15) is 19.7 Å². The summed E-state index contributed by atoms with van der Waals surface area (Å²) in [4.78, 5) is 40.6. The molecule has 0 fully saturated rings. The summed E-state index contributed by atoms with van der Waals surface area (Å²) >= 11 is 0. The Morgan fingerprint density at radius 2 is 1.54 bits per heavy atom. The molecule has 1 aromatic heterocycles. The average molecular weight is 502 g/mol. The maximum absolute atomic E-state index is 13.1. The van der Waals surface area contributed by atoms with Crippen LogP contribution in [0.4, 0.5) is 5.69 Å². The summed E-state index contributed by atoms with van der Waals surface area (Å²) in [6.45, 7) is -0.535. The zero-order chi connectivity index (χ0) is 26.5. The number of methoxy groups -OCH3 is 3. The molecule has 0 unspecified atom stereocenters. The lowest BCUT2D eigenvalue weighted by Gasteiger charge is -2.15. The number of Topliss-reactive ketones (excluding diaryl/α,β-unsaturated/α-hetero) is 1. The van der Waals surface area contributed by atoms with Crippen LogP contribution in [-0.4, -0.2) is 49.6 Å². The van der Waals surface area contributed by atoms with Crippen molar-refractivity contribution >= 4 is 28.3 Å². The van der Waals surface area contributed by atoms with Gasteiger partial charge in [0.05, 0.1) is 43.0 Å². The molecule has 4 aromatic rings. The molecule has 0 saturated carbocycles. The molecule has 3 aromatic carbocycles. The number of nitrogens with zero attached hydrogens (tertiary/aromatic N) is 2. The number of non-ortho nitro benzene ring substituents is 1. The number of benzene rings is 3. The second-order valence-corrected chi connectivity index (χ2v) is 7.79. The van der Waals surface area contributed by atoms with E-state index in [2.05, 4.69) is 4.98 Å². The van der Waals surface area contributed by atoms with E-state index in [0.717, 1.165) is 0 Å². The molecule has 0 aliphatic carbocycles. The highest BCUT2D eigenvalue weighted by Gasteiger charge is 2.20. The van der Waals surface area contributed by atoms with Gasteiger partial charge in [-0.05, 0) is 36.4 Å². The van der Waals surface area contributed by atoms with Gasteiger partial charge in [-0.3, -0.25) is 14.9 Å². The van der Waals surface area contributed by atoms with Crippen LogP contribution in [0.25, 0.3) is 22.2 Å². The Balaban J connectivity index is 1.67. The van der Waals surface area contributed by atoms with Crippen LogP contribution < -0.4 is 14.2 Å².